The summed E-state index contributed by atoms with van der Waals surface area (Å²) in [4.78, 5) is 57.7. The fraction of sp³-hybridized carbons (Fsp3) is 0.355. The second-order valence-corrected chi connectivity index (χ2v) is 10.7. The maximum absolute atomic E-state index is 13.3. The van der Waals surface area contributed by atoms with E-state index in [1.54, 1.807) is 19.3 Å². The number of aromatic nitrogens is 2. The number of carboxylic acids is 1. The van der Waals surface area contributed by atoms with Crippen molar-refractivity contribution in [3.8, 4) is 0 Å². The molecule has 0 fully saturated rings. The Kier molecular flexibility index (Phi) is 10.2. The van der Waals surface area contributed by atoms with E-state index in [4.69, 9.17) is 5.73 Å². The SMILES string of the molecule is CCC(C)C(NC(=O)C(CO)NC(=O)C(N)Cc1c[nH]c2ccccc12)C(=O)NC(Cc1c[nH]c2ccccc12)C(=O)O. The van der Waals surface area contributed by atoms with Crippen molar-refractivity contribution in [3.05, 3.63) is 72.1 Å². The van der Waals surface area contributed by atoms with E-state index in [1.807, 2.05) is 55.5 Å². The molecule has 0 spiro atoms. The summed E-state index contributed by atoms with van der Waals surface area (Å²) in [7, 11) is 0. The lowest BCUT2D eigenvalue weighted by atomic mass is 9.97. The summed E-state index contributed by atoms with van der Waals surface area (Å²) in [5.74, 6) is -3.73. The van der Waals surface area contributed by atoms with Crippen LogP contribution in [-0.2, 0) is 32.0 Å². The van der Waals surface area contributed by atoms with Crippen molar-refractivity contribution in [1.82, 2.24) is 25.9 Å². The highest BCUT2D eigenvalue weighted by Gasteiger charge is 2.33. The highest BCUT2D eigenvalue weighted by atomic mass is 16.4. The second kappa shape index (κ2) is 14.0. The molecule has 0 bridgehead atoms. The lowest BCUT2D eigenvalue weighted by Gasteiger charge is -2.27. The van der Waals surface area contributed by atoms with Gasteiger partial charge in [0.25, 0.3) is 0 Å². The molecule has 5 unspecified atom stereocenters. The number of fused-ring (bicyclic) bond motifs is 2. The zero-order valence-corrected chi connectivity index (χ0v) is 24.1. The lowest BCUT2D eigenvalue weighted by molar-refractivity contribution is -0.142. The van der Waals surface area contributed by atoms with Gasteiger partial charge in [0.1, 0.15) is 18.1 Å². The molecule has 0 aliphatic carbocycles. The van der Waals surface area contributed by atoms with E-state index in [1.165, 1.54) is 0 Å². The number of amides is 3. The molecule has 12 nitrogen and oxygen atoms in total. The molecule has 2 aromatic carbocycles. The highest BCUT2D eigenvalue weighted by molar-refractivity contribution is 5.95. The Bertz CT molecular complexity index is 1600. The number of nitrogens with one attached hydrogen (secondary N) is 5. The molecule has 5 atom stereocenters. The topological polar surface area (TPSA) is 202 Å². The largest absolute Gasteiger partial charge is 0.480 e. The zero-order chi connectivity index (χ0) is 31.1. The first-order valence-electron chi connectivity index (χ1n) is 14.2. The van der Waals surface area contributed by atoms with Crippen LogP contribution in [0.15, 0.2) is 60.9 Å². The van der Waals surface area contributed by atoms with Gasteiger partial charge >= 0.3 is 5.97 Å². The predicted octanol–water partition coefficient (Wildman–Crippen LogP) is 1.34. The van der Waals surface area contributed by atoms with Crippen LogP contribution in [0.4, 0.5) is 0 Å². The number of hydrogen-bond donors (Lipinski definition) is 8. The van der Waals surface area contributed by atoms with Crippen LogP contribution in [0.25, 0.3) is 21.8 Å². The maximum Gasteiger partial charge on any atom is 0.326 e. The molecule has 2 heterocycles. The van der Waals surface area contributed by atoms with Crippen molar-refractivity contribution in [2.24, 2.45) is 11.7 Å². The molecule has 4 rings (SSSR count). The Morgan fingerprint density at radius 1 is 0.791 bits per heavy atom. The lowest BCUT2D eigenvalue weighted by Crippen LogP contribution is -2.59. The van der Waals surface area contributed by atoms with Crippen LogP contribution in [0.5, 0.6) is 0 Å². The standard InChI is InChI=1S/C31H38N6O6/c1-3-17(2)27(30(41)35-25(31(42)43)13-19-15-34-24-11-7-5-9-21(19)24)37-29(40)26(16-38)36-28(39)22(32)12-18-14-33-23-10-6-4-8-20(18)23/h4-11,14-15,17,22,25-27,33-34,38H,3,12-13,16,32H2,1-2H3,(H,35,41)(H,36,39)(H,37,40)(H,42,43). The number of carboxylic acid groups (broad SMARTS) is 1. The van der Waals surface area contributed by atoms with Gasteiger partial charge in [0, 0.05) is 40.6 Å². The monoisotopic (exact) mass is 590 g/mol. The summed E-state index contributed by atoms with van der Waals surface area (Å²) < 4.78 is 0. The molecular weight excluding hydrogens is 552 g/mol. The number of rotatable bonds is 14. The van der Waals surface area contributed by atoms with Crippen molar-refractivity contribution < 1.29 is 29.4 Å². The normalized spacial score (nSPS) is 14.9. The molecule has 3 amide bonds. The molecule has 0 radical (unpaired) electrons. The number of aliphatic hydroxyl groups is 1. The number of benzene rings is 2. The van der Waals surface area contributed by atoms with Crippen molar-refractivity contribution in [3.63, 3.8) is 0 Å². The number of aliphatic carboxylic acids is 1. The van der Waals surface area contributed by atoms with Gasteiger partial charge in [-0.25, -0.2) is 4.79 Å². The third kappa shape index (κ3) is 7.40. The first-order chi connectivity index (χ1) is 20.6. The summed E-state index contributed by atoms with van der Waals surface area (Å²) in [5, 5.41) is 29.2. The number of hydrogen-bond acceptors (Lipinski definition) is 6. The molecule has 12 heteroatoms. The Morgan fingerprint density at radius 2 is 1.33 bits per heavy atom. The quantitative estimate of drug-likeness (QED) is 0.108. The van der Waals surface area contributed by atoms with E-state index < -0.39 is 54.5 Å². The molecule has 0 aliphatic heterocycles. The van der Waals surface area contributed by atoms with Gasteiger partial charge < -0.3 is 41.9 Å². The van der Waals surface area contributed by atoms with Crippen LogP contribution >= 0.6 is 0 Å². The molecule has 9 N–H and O–H groups in total. The summed E-state index contributed by atoms with van der Waals surface area (Å²) in [6, 6.07) is 10.3. The van der Waals surface area contributed by atoms with E-state index in [0.29, 0.717) is 6.42 Å². The summed E-state index contributed by atoms with van der Waals surface area (Å²) >= 11 is 0. The van der Waals surface area contributed by atoms with Gasteiger partial charge in [-0.15, -0.1) is 0 Å². The molecule has 0 saturated heterocycles. The van der Waals surface area contributed by atoms with Gasteiger partial charge in [0.05, 0.1) is 12.6 Å². The van der Waals surface area contributed by atoms with Crippen LogP contribution < -0.4 is 21.7 Å². The number of H-pyrrole nitrogens is 2. The van der Waals surface area contributed by atoms with Crippen LogP contribution in [0.2, 0.25) is 0 Å². The summed E-state index contributed by atoms with van der Waals surface area (Å²) in [6.07, 6.45) is 4.19. The Morgan fingerprint density at radius 3 is 1.86 bits per heavy atom. The minimum Gasteiger partial charge on any atom is -0.480 e. The second-order valence-electron chi connectivity index (χ2n) is 10.7. The van der Waals surface area contributed by atoms with Gasteiger partial charge in [-0.05, 0) is 35.6 Å². The number of carbonyl (C=O) groups is 4. The van der Waals surface area contributed by atoms with Gasteiger partial charge in [0.2, 0.25) is 17.7 Å². The number of para-hydroxylation sites is 2. The Balaban J connectivity index is 1.40. The van der Waals surface area contributed by atoms with Gasteiger partial charge in [-0.3, -0.25) is 14.4 Å². The molecule has 228 valence electrons. The molecule has 0 saturated carbocycles. The molecular formula is C31H38N6O6. The number of aromatic amines is 2. The first-order valence-corrected chi connectivity index (χ1v) is 14.2. The molecule has 4 aromatic rings. The smallest absolute Gasteiger partial charge is 0.326 e. The highest BCUT2D eigenvalue weighted by Crippen LogP contribution is 2.20. The van der Waals surface area contributed by atoms with Gasteiger partial charge in [-0.2, -0.15) is 0 Å². The first kappa shape index (κ1) is 31.3. The minimum absolute atomic E-state index is 0.0237. The average Bonchev–Trinajstić information content (AvgIpc) is 3.61. The molecule has 2 aromatic heterocycles. The van der Waals surface area contributed by atoms with Crippen LogP contribution in [-0.4, -0.2) is 74.6 Å². The Hall–Kier alpha value is -4.68. The molecule has 43 heavy (non-hydrogen) atoms. The summed E-state index contributed by atoms with van der Waals surface area (Å²) in [6.45, 7) is 2.83. The van der Waals surface area contributed by atoms with E-state index >= 15 is 0 Å². The van der Waals surface area contributed by atoms with Crippen molar-refractivity contribution in [2.75, 3.05) is 6.61 Å². The third-order valence-electron chi connectivity index (χ3n) is 7.77. The fourth-order valence-electron chi connectivity index (χ4n) is 5.04. The minimum atomic E-state index is -1.37. The number of aliphatic hydroxyl groups excluding tert-OH is 1. The molecule has 0 aliphatic rings. The van der Waals surface area contributed by atoms with Crippen LogP contribution in [0, 0.1) is 5.92 Å². The van der Waals surface area contributed by atoms with Gasteiger partial charge in [-0.1, -0.05) is 56.7 Å². The van der Waals surface area contributed by atoms with E-state index in [-0.39, 0.29) is 18.8 Å². The van der Waals surface area contributed by atoms with Crippen molar-refractivity contribution >= 4 is 45.5 Å². The van der Waals surface area contributed by atoms with E-state index in [9.17, 15) is 29.4 Å². The fourth-order valence-corrected chi connectivity index (χ4v) is 5.04. The zero-order valence-electron chi connectivity index (χ0n) is 24.1. The number of carbonyl (C=O) groups excluding carboxylic acids is 3. The van der Waals surface area contributed by atoms with E-state index in [2.05, 4.69) is 25.9 Å². The van der Waals surface area contributed by atoms with Crippen LogP contribution in [0.1, 0.15) is 31.4 Å². The summed E-state index contributed by atoms with van der Waals surface area (Å²) in [5.41, 5.74) is 9.43. The Labute approximate surface area is 248 Å². The van der Waals surface area contributed by atoms with Gasteiger partial charge in [0.15, 0.2) is 0 Å². The van der Waals surface area contributed by atoms with E-state index in [0.717, 1.165) is 32.9 Å². The van der Waals surface area contributed by atoms with Crippen LogP contribution in [0.3, 0.4) is 0 Å². The average molecular weight is 591 g/mol. The third-order valence-corrected chi connectivity index (χ3v) is 7.77. The van der Waals surface area contributed by atoms with Crippen molar-refractivity contribution in [2.45, 2.75) is 57.3 Å². The predicted molar refractivity (Wildman–Crippen MR) is 162 cm³/mol. The number of nitrogens with two attached hydrogens (primary N) is 1. The maximum atomic E-state index is 13.3. The van der Waals surface area contributed by atoms with Crippen molar-refractivity contribution in [1.29, 1.82) is 0 Å².